The third kappa shape index (κ3) is 5.13. The molecule has 4 nitrogen and oxygen atoms in total. The Bertz CT molecular complexity index is 683. The molecule has 0 amide bonds. The summed E-state index contributed by atoms with van der Waals surface area (Å²) in [6.45, 7) is 7.90. The van der Waals surface area contributed by atoms with E-state index in [1.807, 2.05) is 18.2 Å². The highest BCUT2D eigenvalue weighted by Gasteiger charge is 2.11. The zero-order chi connectivity index (χ0) is 18.2. The zero-order valence-electron chi connectivity index (χ0n) is 15.7. The molecule has 25 heavy (non-hydrogen) atoms. The third-order valence-corrected chi connectivity index (χ3v) is 4.07. The lowest BCUT2D eigenvalue weighted by atomic mass is 10.0. The number of hydrogen-bond donors (Lipinski definition) is 1. The maximum Gasteiger partial charge on any atom is 0.164 e. The van der Waals surface area contributed by atoms with Gasteiger partial charge >= 0.3 is 0 Å². The van der Waals surface area contributed by atoms with E-state index in [9.17, 15) is 0 Å². The van der Waals surface area contributed by atoms with Gasteiger partial charge in [0.1, 0.15) is 19.0 Å². The highest BCUT2D eigenvalue weighted by atomic mass is 16.5. The lowest BCUT2D eigenvalue weighted by molar-refractivity contribution is 0.208. The largest absolute Gasteiger partial charge is 0.493 e. The zero-order valence-corrected chi connectivity index (χ0v) is 15.7. The summed E-state index contributed by atoms with van der Waals surface area (Å²) >= 11 is 0. The van der Waals surface area contributed by atoms with Crippen molar-refractivity contribution in [1.82, 2.24) is 0 Å². The molecule has 136 valence electrons. The molecule has 0 aliphatic carbocycles. The summed E-state index contributed by atoms with van der Waals surface area (Å²) in [7, 11) is 1.65. The van der Waals surface area contributed by atoms with Crippen LogP contribution < -0.4 is 19.9 Å². The van der Waals surface area contributed by atoms with Gasteiger partial charge in [-0.05, 0) is 54.6 Å². The smallest absolute Gasteiger partial charge is 0.164 e. The van der Waals surface area contributed by atoms with Crippen molar-refractivity contribution < 1.29 is 14.2 Å². The summed E-state index contributed by atoms with van der Waals surface area (Å²) in [5.41, 5.74) is 9.15. The molecule has 2 rings (SSSR count). The Kier molecular flexibility index (Phi) is 7.14. The lowest BCUT2D eigenvalue weighted by Crippen LogP contribution is -2.13. The normalized spacial score (nSPS) is 10.8. The monoisotopic (exact) mass is 343 g/mol. The molecule has 2 aromatic rings. The van der Waals surface area contributed by atoms with Gasteiger partial charge in [0.15, 0.2) is 11.5 Å². The number of hydrogen-bond acceptors (Lipinski definition) is 4. The lowest BCUT2D eigenvalue weighted by Gasteiger charge is -2.17. The van der Waals surface area contributed by atoms with Crippen molar-refractivity contribution in [3.63, 3.8) is 0 Å². The number of aryl methyl sites for hydroxylation is 1. The Morgan fingerprint density at radius 3 is 2.44 bits per heavy atom. The highest BCUT2D eigenvalue weighted by molar-refractivity contribution is 5.46. The Balaban J connectivity index is 2.01. The van der Waals surface area contributed by atoms with Gasteiger partial charge in [-0.15, -0.1) is 0 Å². The van der Waals surface area contributed by atoms with Gasteiger partial charge in [0.05, 0.1) is 7.11 Å². The second-order valence-corrected chi connectivity index (χ2v) is 6.38. The van der Waals surface area contributed by atoms with Crippen LogP contribution in [0.15, 0.2) is 36.4 Å². The maximum absolute atomic E-state index is 5.98. The Morgan fingerprint density at radius 1 is 1.00 bits per heavy atom. The molecule has 0 aromatic heterocycles. The number of ether oxygens (including phenoxy) is 3. The van der Waals surface area contributed by atoms with Gasteiger partial charge in [-0.25, -0.2) is 0 Å². The van der Waals surface area contributed by atoms with Gasteiger partial charge in [-0.2, -0.15) is 0 Å². The molecule has 2 aromatic carbocycles. The standard InChI is InChI=1S/C21H29NO3/c1-15(2)18-9-8-16(3)14-20(18)24-12-13-25-21-17(10-11-22)6-5-7-19(21)23-4/h5-9,14-15H,10-13,22H2,1-4H3. The molecule has 0 fully saturated rings. The molecule has 0 unspecified atom stereocenters. The summed E-state index contributed by atoms with van der Waals surface area (Å²) in [6, 6.07) is 12.2. The average Bonchev–Trinajstić information content (AvgIpc) is 2.59. The molecule has 2 N–H and O–H groups in total. The van der Waals surface area contributed by atoms with Gasteiger partial charge in [0, 0.05) is 0 Å². The predicted octanol–water partition coefficient (Wildman–Crippen LogP) is 4.09. The van der Waals surface area contributed by atoms with Gasteiger partial charge in [-0.3, -0.25) is 0 Å². The minimum atomic E-state index is 0.418. The van der Waals surface area contributed by atoms with Crippen LogP contribution in [0.5, 0.6) is 17.2 Å². The summed E-state index contributed by atoms with van der Waals surface area (Å²) < 4.78 is 17.3. The van der Waals surface area contributed by atoms with Gasteiger partial charge in [-0.1, -0.05) is 38.1 Å². The van der Waals surface area contributed by atoms with Crippen molar-refractivity contribution in [2.45, 2.75) is 33.1 Å². The molecule has 0 spiro atoms. The van der Waals surface area contributed by atoms with Crippen molar-refractivity contribution in [3.05, 3.63) is 53.1 Å². The predicted molar refractivity (Wildman–Crippen MR) is 102 cm³/mol. The van der Waals surface area contributed by atoms with E-state index >= 15 is 0 Å². The van der Waals surface area contributed by atoms with Crippen LogP contribution in [0.25, 0.3) is 0 Å². The summed E-state index contributed by atoms with van der Waals surface area (Å²) in [6.07, 6.45) is 0.753. The van der Waals surface area contributed by atoms with Crippen LogP contribution in [0.3, 0.4) is 0 Å². The first-order valence-corrected chi connectivity index (χ1v) is 8.79. The van der Waals surface area contributed by atoms with Crippen LogP contribution in [-0.4, -0.2) is 26.9 Å². The number of methoxy groups -OCH3 is 1. The summed E-state index contributed by atoms with van der Waals surface area (Å²) in [5.74, 6) is 2.83. The fourth-order valence-corrected chi connectivity index (χ4v) is 2.78. The topological polar surface area (TPSA) is 53.7 Å². The fourth-order valence-electron chi connectivity index (χ4n) is 2.78. The Hall–Kier alpha value is -2.20. The second kappa shape index (κ2) is 9.33. The molecule has 4 heteroatoms. The van der Waals surface area contributed by atoms with Crippen molar-refractivity contribution in [3.8, 4) is 17.2 Å². The van der Waals surface area contributed by atoms with E-state index in [1.54, 1.807) is 7.11 Å². The minimum absolute atomic E-state index is 0.418. The molecule has 0 saturated heterocycles. The Labute approximate surface area is 150 Å². The van der Waals surface area contributed by atoms with E-state index in [1.165, 1.54) is 11.1 Å². The van der Waals surface area contributed by atoms with E-state index < -0.39 is 0 Å². The van der Waals surface area contributed by atoms with Gasteiger partial charge in [0.2, 0.25) is 0 Å². The molecule has 0 heterocycles. The van der Waals surface area contributed by atoms with Crippen molar-refractivity contribution in [2.75, 3.05) is 26.9 Å². The van der Waals surface area contributed by atoms with Gasteiger partial charge in [0.25, 0.3) is 0 Å². The van der Waals surface area contributed by atoms with Crippen LogP contribution >= 0.6 is 0 Å². The average molecular weight is 343 g/mol. The van der Waals surface area contributed by atoms with Crippen molar-refractivity contribution >= 4 is 0 Å². The highest BCUT2D eigenvalue weighted by Crippen LogP contribution is 2.31. The molecule has 0 saturated carbocycles. The van der Waals surface area contributed by atoms with Crippen LogP contribution in [0.2, 0.25) is 0 Å². The van der Waals surface area contributed by atoms with Crippen LogP contribution in [0.4, 0.5) is 0 Å². The first kappa shape index (κ1) is 19.1. The minimum Gasteiger partial charge on any atom is -0.493 e. The third-order valence-electron chi connectivity index (χ3n) is 4.07. The SMILES string of the molecule is COc1cccc(CCN)c1OCCOc1cc(C)ccc1C(C)C. The number of nitrogens with two attached hydrogens (primary N) is 1. The molecular weight excluding hydrogens is 314 g/mol. The summed E-state index contributed by atoms with van der Waals surface area (Å²) in [5, 5.41) is 0. The molecule has 0 radical (unpaired) electrons. The van der Waals surface area contributed by atoms with Gasteiger partial charge < -0.3 is 19.9 Å². The number of benzene rings is 2. The van der Waals surface area contributed by atoms with E-state index in [-0.39, 0.29) is 0 Å². The Morgan fingerprint density at radius 2 is 1.76 bits per heavy atom. The molecule has 0 atom stereocenters. The fraction of sp³-hybridized carbons (Fsp3) is 0.429. The quantitative estimate of drug-likeness (QED) is 0.697. The summed E-state index contributed by atoms with van der Waals surface area (Å²) in [4.78, 5) is 0. The molecule has 0 aliphatic heterocycles. The van der Waals surface area contributed by atoms with E-state index in [2.05, 4.69) is 39.0 Å². The van der Waals surface area contributed by atoms with Crippen LogP contribution in [-0.2, 0) is 6.42 Å². The van der Waals surface area contributed by atoms with Crippen molar-refractivity contribution in [2.24, 2.45) is 5.73 Å². The van der Waals surface area contributed by atoms with E-state index in [4.69, 9.17) is 19.9 Å². The number of rotatable bonds is 9. The van der Waals surface area contributed by atoms with E-state index in [0.29, 0.717) is 25.7 Å². The molecular formula is C21H29NO3. The number of para-hydroxylation sites is 1. The molecule has 0 aliphatic rings. The second-order valence-electron chi connectivity index (χ2n) is 6.38. The first-order chi connectivity index (χ1) is 12.1. The van der Waals surface area contributed by atoms with E-state index in [0.717, 1.165) is 29.2 Å². The van der Waals surface area contributed by atoms with Crippen molar-refractivity contribution in [1.29, 1.82) is 0 Å². The molecule has 0 bridgehead atoms. The maximum atomic E-state index is 5.98. The van der Waals surface area contributed by atoms with Crippen LogP contribution in [0, 0.1) is 6.92 Å². The first-order valence-electron chi connectivity index (χ1n) is 8.79. The van der Waals surface area contributed by atoms with Crippen LogP contribution in [0.1, 0.15) is 36.5 Å².